The van der Waals surface area contributed by atoms with Crippen LogP contribution in [0.2, 0.25) is 0 Å². The lowest BCUT2D eigenvalue weighted by Gasteiger charge is -2.27. The minimum Gasteiger partial charge on any atom is -0.444 e. The summed E-state index contributed by atoms with van der Waals surface area (Å²) < 4.78 is 5.37. The first-order valence-electron chi connectivity index (χ1n) is 5.82. The first-order chi connectivity index (χ1) is 7.28. The molecule has 2 rings (SSSR count). The highest BCUT2D eigenvalue weighted by Gasteiger charge is 2.65. The summed E-state index contributed by atoms with van der Waals surface area (Å²) in [6, 6.07) is 0. The number of hydrogen-bond donors (Lipinski definition) is 0. The monoisotopic (exact) mass is 289 g/mol. The topological polar surface area (TPSA) is 29.5 Å². The number of fused-ring (bicyclic) bond motifs is 1. The van der Waals surface area contributed by atoms with Crippen LogP contribution in [0, 0.1) is 17.3 Å². The average Bonchev–Trinajstić information content (AvgIpc) is 2.59. The maximum absolute atomic E-state index is 11.8. The lowest BCUT2D eigenvalue weighted by Crippen LogP contribution is -2.38. The second kappa shape index (κ2) is 3.62. The van der Waals surface area contributed by atoms with Gasteiger partial charge in [-0.15, -0.1) is 0 Å². The smallest absolute Gasteiger partial charge is 0.410 e. The molecule has 92 valence electrons. The Kier molecular flexibility index (Phi) is 2.76. The van der Waals surface area contributed by atoms with Crippen molar-refractivity contribution in [1.29, 1.82) is 0 Å². The van der Waals surface area contributed by atoms with Gasteiger partial charge in [-0.05, 0) is 38.0 Å². The van der Waals surface area contributed by atoms with Crippen LogP contribution in [0.1, 0.15) is 27.7 Å². The first-order valence-corrected chi connectivity index (χ1v) is 6.94. The fourth-order valence-corrected chi connectivity index (χ4v) is 3.49. The Morgan fingerprint density at radius 1 is 1.44 bits per heavy atom. The van der Waals surface area contributed by atoms with Gasteiger partial charge in [0, 0.05) is 18.4 Å². The van der Waals surface area contributed by atoms with E-state index < -0.39 is 0 Å². The highest BCUT2D eigenvalue weighted by atomic mass is 79.9. The Morgan fingerprint density at radius 3 is 2.31 bits per heavy atom. The van der Waals surface area contributed by atoms with Crippen LogP contribution in [0.25, 0.3) is 0 Å². The summed E-state index contributed by atoms with van der Waals surface area (Å²) in [4.78, 5) is 13.7. The van der Waals surface area contributed by atoms with Crippen molar-refractivity contribution in [1.82, 2.24) is 4.90 Å². The minimum absolute atomic E-state index is 0.156. The molecule has 1 saturated carbocycles. The number of nitrogens with zero attached hydrogens (tertiary/aromatic N) is 1. The number of ether oxygens (including phenoxy) is 1. The molecule has 0 aromatic heterocycles. The number of halogens is 1. The highest BCUT2D eigenvalue weighted by Crippen LogP contribution is 2.63. The van der Waals surface area contributed by atoms with Gasteiger partial charge in [-0.1, -0.05) is 22.9 Å². The van der Waals surface area contributed by atoms with E-state index in [0.29, 0.717) is 17.3 Å². The standard InChI is InChI=1S/C12H20BrNO2/c1-11(2,3)16-10(15)14-5-8-9(6-14)12(8,4)7-13/h8-9H,5-7H2,1-4H3/t8-,9+,12?. The third-order valence-corrected chi connectivity index (χ3v) is 5.05. The summed E-state index contributed by atoms with van der Waals surface area (Å²) in [5.41, 5.74) is 0.0289. The number of rotatable bonds is 1. The second-order valence-corrected chi connectivity index (χ2v) is 6.80. The molecule has 16 heavy (non-hydrogen) atoms. The van der Waals surface area contributed by atoms with Gasteiger partial charge in [-0.25, -0.2) is 4.79 Å². The maximum atomic E-state index is 11.8. The Balaban J connectivity index is 1.87. The van der Waals surface area contributed by atoms with Crippen molar-refractivity contribution in [3.63, 3.8) is 0 Å². The summed E-state index contributed by atoms with van der Waals surface area (Å²) in [5, 5.41) is 1.04. The number of hydrogen-bond acceptors (Lipinski definition) is 2. The average molecular weight is 290 g/mol. The van der Waals surface area contributed by atoms with E-state index >= 15 is 0 Å². The van der Waals surface area contributed by atoms with E-state index in [1.165, 1.54) is 0 Å². The molecule has 3 nitrogen and oxygen atoms in total. The Labute approximate surface area is 106 Å². The van der Waals surface area contributed by atoms with E-state index in [4.69, 9.17) is 4.74 Å². The molecule has 0 N–H and O–H groups in total. The third-order valence-electron chi connectivity index (χ3n) is 3.84. The van der Waals surface area contributed by atoms with Crippen molar-refractivity contribution in [3.8, 4) is 0 Å². The van der Waals surface area contributed by atoms with Gasteiger partial charge in [-0.2, -0.15) is 0 Å². The van der Waals surface area contributed by atoms with Crippen molar-refractivity contribution in [2.75, 3.05) is 18.4 Å². The van der Waals surface area contributed by atoms with Crippen LogP contribution in [0.4, 0.5) is 4.79 Å². The van der Waals surface area contributed by atoms with Gasteiger partial charge in [0.2, 0.25) is 0 Å². The molecule has 1 saturated heterocycles. The third kappa shape index (κ3) is 1.96. The van der Waals surface area contributed by atoms with Crippen molar-refractivity contribution < 1.29 is 9.53 Å². The molecule has 1 amide bonds. The normalized spacial score (nSPS) is 37.2. The van der Waals surface area contributed by atoms with Crippen LogP contribution >= 0.6 is 15.9 Å². The zero-order valence-electron chi connectivity index (χ0n) is 10.4. The minimum atomic E-state index is -0.386. The van der Waals surface area contributed by atoms with Gasteiger partial charge in [0.1, 0.15) is 5.60 Å². The number of likely N-dealkylation sites (tertiary alicyclic amines) is 1. The molecule has 1 aliphatic carbocycles. The molecule has 0 aromatic rings. The van der Waals surface area contributed by atoms with Crippen LogP contribution in [0.15, 0.2) is 0 Å². The van der Waals surface area contributed by atoms with Crippen molar-refractivity contribution in [2.24, 2.45) is 17.3 Å². The molecule has 1 aliphatic heterocycles. The summed E-state index contributed by atoms with van der Waals surface area (Å²) in [5.74, 6) is 1.33. The number of carbonyl (C=O) groups is 1. The molecule has 0 radical (unpaired) electrons. The van der Waals surface area contributed by atoms with Gasteiger partial charge in [0.25, 0.3) is 0 Å². The number of amides is 1. The van der Waals surface area contributed by atoms with Crippen LogP contribution in [0.3, 0.4) is 0 Å². The van der Waals surface area contributed by atoms with Crippen LogP contribution in [-0.2, 0) is 4.74 Å². The number of piperidine rings is 1. The molecule has 0 bridgehead atoms. The molecule has 0 spiro atoms. The molecule has 0 aromatic carbocycles. The van der Waals surface area contributed by atoms with E-state index in [0.717, 1.165) is 18.4 Å². The van der Waals surface area contributed by atoms with E-state index in [1.54, 1.807) is 0 Å². The SMILES string of the molecule is CC(C)(C)OC(=O)N1C[C@@H]2[C@H](C1)C2(C)CBr. The van der Waals surface area contributed by atoms with Crippen molar-refractivity contribution in [2.45, 2.75) is 33.3 Å². The first kappa shape index (κ1) is 12.2. The predicted octanol–water partition coefficient (Wildman–Crippen LogP) is 2.88. The van der Waals surface area contributed by atoms with E-state index in [2.05, 4.69) is 22.9 Å². The van der Waals surface area contributed by atoms with E-state index in [1.807, 2.05) is 25.7 Å². The van der Waals surface area contributed by atoms with Crippen LogP contribution in [0.5, 0.6) is 0 Å². The largest absolute Gasteiger partial charge is 0.444 e. The highest BCUT2D eigenvalue weighted by molar-refractivity contribution is 9.09. The van der Waals surface area contributed by atoms with Crippen molar-refractivity contribution >= 4 is 22.0 Å². The summed E-state index contributed by atoms with van der Waals surface area (Å²) in [6.45, 7) is 9.74. The molecule has 1 heterocycles. The Hall–Kier alpha value is -0.250. The number of carbonyl (C=O) groups excluding carboxylic acids is 1. The lowest BCUT2D eigenvalue weighted by molar-refractivity contribution is 0.0256. The zero-order chi connectivity index (χ0) is 12.1. The quantitative estimate of drug-likeness (QED) is 0.695. The predicted molar refractivity (Wildman–Crippen MR) is 66.7 cm³/mol. The summed E-state index contributed by atoms with van der Waals surface area (Å²) in [6.07, 6.45) is -0.156. The van der Waals surface area contributed by atoms with E-state index in [-0.39, 0.29) is 11.7 Å². The van der Waals surface area contributed by atoms with Crippen LogP contribution in [-0.4, -0.2) is 35.0 Å². The zero-order valence-corrected chi connectivity index (χ0v) is 12.0. The lowest BCUT2D eigenvalue weighted by atomic mass is 10.1. The van der Waals surface area contributed by atoms with Gasteiger partial charge in [0.15, 0.2) is 0 Å². The molecule has 2 aliphatic rings. The molecule has 2 fully saturated rings. The van der Waals surface area contributed by atoms with Gasteiger partial charge in [0.05, 0.1) is 0 Å². The van der Waals surface area contributed by atoms with Crippen LogP contribution < -0.4 is 0 Å². The van der Waals surface area contributed by atoms with Gasteiger partial charge < -0.3 is 9.64 Å². The molecule has 3 atom stereocenters. The Bertz CT molecular complexity index is 299. The summed E-state index contributed by atoms with van der Waals surface area (Å²) in [7, 11) is 0. The molecule has 1 unspecified atom stereocenters. The molecule has 4 heteroatoms. The fourth-order valence-electron chi connectivity index (χ4n) is 2.66. The van der Waals surface area contributed by atoms with Gasteiger partial charge >= 0.3 is 6.09 Å². The van der Waals surface area contributed by atoms with Crippen molar-refractivity contribution in [3.05, 3.63) is 0 Å². The summed E-state index contributed by atoms with van der Waals surface area (Å²) >= 11 is 3.56. The molecular weight excluding hydrogens is 270 g/mol. The van der Waals surface area contributed by atoms with Gasteiger partial charge in [-0.3, -0.25) is 0 Å². The fraction of sp³-hybridized carbons (Fsp3) is 0.917. The second-order valence-electron chi connectivity index (χ2n) is 6.24. The van der Waals surface area contributed by atoms with E-state index in [9.17, 15) is 4.79 Å². The maximum Gasteiger partial charge on any atom is 0.410 e. The number of alkyl halides is 1. The molecular formula is C12H20BrNO2. The Morgan fingerprint density at radius 2 is 1.94 bits per heavy atom.